The monoisotopic (exact) mass is 835 g/mol. The lowest BCUT2D eigenvalue weighted by Crippen LogP contribution is -2.41. The number of benzene rings is 7. The molecule has 63 heavy (non-hydrogen) atoms. The molecular weight excluding hydrogens is 779 g/mol. The van der Waals surface area contributed by atoms with Gasteiger partial charge in [-0.05, 0) is 132 Å². The van der Waals surface area contributed by atoms with Crippen molar-refractivity contribution in [2.24, 2.45) is 17.3 Å². The number of rotatable bonds is 4. The van der Waals surface area contributed by atoms with Gasteiger partial charge in [-0.2, -0.15) is 0 Å². The quantitative estimate of drug-likeness (QED) is 0.174. The largest absolute Gasteiger partial charge is 0.310 e. The maximum Gasteiger partial charge on any atom is 0.0701 e. The van der Waals surface area contributed by atoms with E-state index < -0.39 is 5.41 Å². The fourth-order valence-corrected chi connectivity index (χ4v) is 13.2. The van der Waals surface area contributed by atoms with Crippen LogP contribution in [0.5, 0.6) is 0 Å². The minimum Gasteiger partial charge on any atom is -0.310 e. The first kappa shape index (κ1) is 40.0. The Labute approximate surface area is 379 Å². The van der Waals surface area contributed by atoms with Gasteiger partial charge in [0.25, 0.3) is 0 Å². The third-order valence-corrected chi connectivity index (χ3v) is 16.1. The van der Waals surface area contributed by atoms with Crippen LogP contribution in [0, 0.1) is 17.3 Å². The van der Waals surface area contributed by atoms with Crippen LogP contribution in [0.2, 0.25) is 0 Å². The molecule has 4 aliphatic rings. The van der Waals surface area contributed by atoms with Gasteiger partial charge in [-0.15, -0.1) is 0 Å². The van der Waals surface area contributed by atoms with Crippen LogP contribution < -0.4 is 4.90 Å². The molecule has 1 spiro atoms. The number of anilines is 3. The molecule has 7 aromatic rings. The second-order valence-corrected chi connectivity index (χ2v) is 22.1. The van der Waals surface area contributed by atoms with E-state index in [0.717, 1.165) is 17.1 Å². The fourth-order valence-electron chi connectivity index (χ4n) is 11.9. The molecular formula is C61H57NS. The number of para-hydroxylation sites is 2. The van der Waals surface area contributed by atoms with Crippen molar-refractivity contribution in [1.29, 1.82) is 0 Å². The highest BCUT2D eigenvalue weighted by molar-refractivity contribution is 8.03. The predicted molar refractivity (Wildman–Crippen MR) is 269 cm³/mol. The summed E-state index contributed by atoms with van der Waals surface area (Å²) in [4.78, 5) is 5.25. The minimum absolute atomic E-state index is 0.000227. The molecule has 3 unspecified atom stereocenters. The van der Waals surface area contributed by atoms with E-state index in [4.69, 9.17) is 0 Å². The summed E-state index contributed by atoms with van der Waals surface area (Å²) in [5, 5.41) is 0. The summed E-state index contributed by atoms with van der Waals surface area (Å²) in [6.07, 6.45) is 5.00. The van der Waals surface area contributed by atoms with Gasteiger partial charge in [0.2, 0.25) is 0 Å². The third-order valence-electron chi connectivity index (χ3n) is 14.9. The number of nitrogens with zero attached hydrogens (tertiary/aromatic N) is 1. The second kappa shape index (κ2) is 14.1. The smallest absolute Gasteiger partial charge is 0.0701 e. The summed E-state index contributed by atoms with van der Waals surface area (Å²) in [5.41, 5.74) is 20.7. The van der Waals surface area contributed by atoms with E-state index in [1.54, 1.807) is 5.57 Å². The Hall–Kier alpha value is -5.83. The van der Waals surface area contributed by atoms with Crippen molar-refractivity contribution in [1.82, 2.24) is 0 Å². The zero-order valence-corrected chi connectivity index (χ0v) is 39.0. The fraction of sp³-hybridized carbons (Fsp3) is 0.246. The van der Waals surface area contributed by atoms with Crippen LogP contribution in [-0.4, -0.2) is 0 Å². The molecule has 0 saturated heterocycles. The number of fused-ring (bicyclic) bond motifs is 11. The van der Waals surface area contributed by atoms with E-state index in [9.17, 15) is 0 Å². The normalized spacial score (nSPS) is 20.1. The number of hydrogen-bond acceptors (Lipinski definition) is 2. The average Bonchev–Trinajstić information content (AvgIpc) is 3.68. The van der Waals surface area contributed by atoms with Crippen molar-refractivity contribution in [3.05, 3.63) is 214 Å². The van der Waals surface area contributed by atoms with E-state index in [-0.39, 0.29) is 16.2 Å². The molecule has 0 radical (unpaired) electrons. The van der Waals surface area contributed by atoms with Crippen LogP contribution in [0.4, 0.5) is 17.1 Å². The highest BCUT2D eigenvalue weighted by Crippen LogP contribution is 2.66. The first-order valence-corrected chi connectivity index (χ1v) is 23.7. The maximum atomic E-state index is 2.59. The molecule has 0 amide bonds. The summed E-state index contributed by atoms with van der Waals surface area (Å²) in [6.45, 7) is 21.6. The molecule has 1 heterocycles. The molecule has 0 fully saturated rings. The van der Waals surface area contributed by atoms with Crippen molar-refractivity contribution in [2.45, 2.75) is 83.5 Å². The van der Waals surface area contributed by atoms with Crippen molar-refractivity contribution in [2.75, 3.05) is 4.90 Å². The molecule has 0 aromatic heterocycles. The molecule has 3 atom stereocenters. The Balaban J connectivity index is 1.16. The van der Waals surface area contributed by atoms with Gasteiger partial charge in [-0.25, -0.2) is 0 Å². The Kier molecular flexibility index (Phi) is 8.94. The predicted octanol–water partition coefficient (Wildman–Crippen LogP) is 17.0. The van der Waals surface area contributed by atoms with Crippen molar-refractivity contribution >= 4 is 28.8 Å². The van der Waals surface area contributed by atoms with Gasteiger partial charge in [0, 0.05) is 32.2 Å². The number of allylic oxidation sites excluding steroid dienone is 3. The lowest BCUT2D eigenvalue weighted by molar-refractivity contribution is 0.228. The van der Waals surface area contributed by atoms with Gasteiger partial charge in [-0.1, -0.05) is 201 Å². The molecule has 11 rings (SSSR count). The zero-order valence-electron chi connectivity index (χ0n) is 38.2. The van der Waals surface area contributed by atoms with Crippen LogP contribution in [0.3, 0.4) is 0 Å². The SMILES string of the molecule is CC1C2=C(C=CC1C(C)(C)C)Sc1ccc(C(C)(C)C)cc1C21c2ccccc2-c2ccc(-c3ccccc3N(c3ccccc3)c3ccc4c(c3)C(C)(C)c3ccccc3-4)cc21. The number of thioether (sulfide) groups is 1. The van der Waals surface area contributed by atoms with Crippen LogP contribution >= 0.6 is 11.8 Å². The molecule has 3 aliphatic carbocycles. The second-order valence-electron chi connectivity index (χ2n) is 21.0. The molecule has 7 aromatic carbocycles. The summed E-state index contributed by atoms with van der Waals surface area (Å²) in [6, 6.07) is 60.2. The minimum atomic E-state index is -0.457. The van der Waals surface area contributed by atoms with Crippen LogP contribution in [0.1, 0.15) is 95.7 Å². The van der Waals surface area contributed by atoms with E-state index in [1.165, 1.54) is 76.6 Å². The van der Waals surface area contributed by atoms with Crippen molar-refractivity contribution in [3.8, 4) is 33.4 Å². The molecule has 0 bridgehead atoms. The lowest BCUT2D eigenvalue weighted by atomic mass is 9.57. The van der Waals surface area contributed by atoms with Crippen LogP contribution in [-0.2, 0) is 16.2 Å². The molecule has 1 aliphatic heterocycles. The van der Waals surface area contributed by atoms with Gasteiger partial charge in [0.05, 0.1) is 11.1 Å². The highest BCUT2D eigenvalue weighted by Gasteiger charge is 2.55. The van der Waals surface area contributed by atoms with Gasteiger partial charge < -0.3 is 4.90 Å². The van der Waals surface area contributed by atoms with Gasteiger partial charge >= 0.3 is 0 Å². The summed E-state index contributed by atoms with van der Waals surface area (Å²) < 4.78 is 0. The summed E-state index contributed by atoms with van der Waals surface area (Å²) in [7, 11) is 0. The molecule has 2 heteroatoms. The Morgan fingerprint density at radius 3 is 1.87 bits per heavy atom. The highest BCUT2D eigenvalue weighted by atomic mass is 32.2. The van der Waals surface area contributed by atoms with Crippen LogP contribution in [0.15, 0.2) is 185 Å². The van der Waals surface area contributed by atoms with E-state index in [2.05, 4.69) is 237 Å². The first-order valence-electron chi connectivity index (χ1n) is 22.9. The average molecular weight is 836 g/mol. The summed E-state index contributed by atoms with van der Waals surface area (Å²) >= 11 is 1.98. The standard InChI is InChI=1S/C61H57NS/c1-38-48(59(5,6)7)32-34-56-57(38)61(53-36-40(58(2,3)4)28-33-55(53)63-56)50-25-17-14-23-45(50)47-30-27-39(35-52(47)61)43-21-15-18-26-54(43)62(41-19-11-10-12-20-41)42-29-31-46-44-22-13-16-24-49(44)60(8,9)51(46)37-42/h10-38,48H,1-9H3. The van der Waals surface area contributed by atoms with E-state index in [0.29, 0.717) is 11.8 Å². The number of hydrogen-bond donors (Lipinski definition) is 0. The Bertz CT molecular complexity index is 3060. The van der Waals surface area contributed by atoms with Gasteiger partial charge in [0.15, 0.2) is 0 Å². The molecule has 1 nitrogen and oxygen atoms in total. The molecule has 312 valence electrons. The first-order chi connectivity index (χ1) is 30.2. The zero-order chi connectivity index (χ0) is 43.6. The van der Waals surface area contributed by atoms with Crippen LogP contribution in [0.25, 0.3) is 33.4 Å². The topological polar surface area (TPSA) is 3.24 Å². The van der Waals surface area contributed by atoms with E-state index in [1.807, 2.05) is 11.8 Å². The van der Waals surface area contributed by atoms with Gasteiger partial charge in [-0.3, -0.25) is 0 Å². The van der Waals surface area contributed by atoms with E-state index >= 15 is 0 Å². The lowest BCUT2D eigenvalue weighted by Gasteiger charge is -2.49. The maximum absolute atomic E-state index is 2.59. The Morgan fingerprint density at radius 2 is 1.14 bits per heavy atom. The third kappa shape index (κ3) is 5.90. The molecule has 0 N–H and O–H groups in total. The van der Waals surface area contributed by atoms with Crippen molar-refractivity contribution < 1.29 is 0 Å². The Morgan fingerprint density at radius 1 is 0.524 bits per heavy atom. The summed E-state index contributed by atoms with van der Waals surface area (Å²) in [5.74, 6) is 0.716. The van der Waals surface area contributed by atoms with Gasteiger partial charge in [0.1, 0.15) is 0 Å². The van der Waals surface area contributed by atoms with Crippen molar-refractivity contribution in [3.63, 3.8) is 0 Å². The molecule has 0 saturated carbocycles.